The van der Waals surface area contributed by atoms with E-state index >= 15 is 0 Å². The normalized spacial score (nSPS) is 20.6. The van der Waals surface area contributed by atoms with Gasteiger partial charge in [0.05, 0.1) is 13.1 Å². The zero-order valence-corrected chi connectivity index (χ0v) is 10.4. The van der Waals surface area contributed by atoms with Gasteiger partial charge in [-0.25, -0.2) is 0 Å². The van der Waals surface area contributed by atoms with Gasteiger partial charge < -0.3 is 10.0 Å². The molecule has 90 valence electrons. The second-order valence-electron chi connectivity index (χ2n) is 4.89. The van der Waals surface area contributed by atoms with Gasteiger partial charge in [-0.1, -0.05) is 12.0 Å². The number of rotatable bonds is 4. The molecule has 0 amide bonds. The maximum atomic E-state index is 9.94. The Hall–Kier alpha value is -0.780. The molecule has 0 bridgehead atoms. The Balaban J connectivity index is 2.31. The fraction of sp³-hybridized carbons (Fsp3) is 0.714. The highest BCUT2D eigenvalue weighted by Crippen LogP contribution is 2.10. The first kappa shape index (κ1) is 13.3. The molecule has 1 heterocycles. The Morgan fingerprint density at radius 2 is 2.06 bits per heavy atom. The summed E-state index contributed by atoms with van der Waals surface area (Å²) in [5, 5.41) is 9.94. The van der Waals surface area contributed by atoms with Crippen LogP contribution in [0.4, 0.5) is 0 Å². The van der Waals surface area contributed by atoms with Gasteiger partial charge in [0.15, 0.2) is 0 Å². The fourth-order valence-corrected chi connectivity index (χ4v) is 2.03. The van der Waals surface area contributed by atoms with Crippen LogP contribution in [0.2, 0.25) is 0 Å². The van der Waals surface area contributed by atoms with Gasteiger partial charge in [0.25, 0.3) is 0 Å². The fourth-order valence-electron chi connectivity index (χ4n) is 2.03. The molecule has 0 aromatic heterocycles. The van der Waals surface area contributed by atoms with Crippen molar-refractivity contribution in [3.63, 3.8) is 0 Å². The van der Waals surface area contributed by atoms with E-state index < -0.39 is 5.60 Å². The van der Waals surface area contributed by atoms with Crippen LogP contribution in [-0.4, -0.2) is 30.3 Å². The summed E-state index contributed by atoms with van der Waals surface area (Å²) in [5.74, 6) is 6.11. The highest BCUT2D eigenvalue weighted by atomic mass is 16.3. The van der Waals surface area contributed by atoms with Crippen molar-refractivity contribution in [2.75, 3.05) is 19.6 Å². The number of quaternary nitrogens is 1. The topological polar surface area (TPSA) is 24.7 Å². The summed E-state index contributed by atoms with van der Waals surface area (Å²) in [7, 11) is 0. The molecular formula is C14H24NO+. The minimum absolute atomic E-state index is 0.679. The van der Waals surface area contributed by atoms with Crippen molar-refractivity contribution >= 4 is 0 Å². The van der Waals surface area contributed by atoms with E-state index in [1.807, 2.05) is 6.08 Å². The molecule has 2 nitrogen and oxygen atoms in total. The molecule has 1 aliphatic heterocycles. The first-order chi connectivity index (χ1) is 7.64. The van der Waals surface area contributed by atoms with Crippen molar-refractivity contribution < 1.29 is 10.0 Å². The van der Waals surface area contributed by atoms with Crippen LogP contribution in [0, 0.1) is 11.8 Å². The zero-order chi connectivity index (χ0) is 11.9. The van der Waals surface area contributed by atoms with Gasteiger partial charge in [-0.2, -0.15) is 0 Å². The van der Waals surface area contributed by atoms with Crippen LogP contribution < -0.4 is 4.90 Å². The second kappa shape index (κ2) is 6.73. The quantitative estimate of drug-likeness (QED) is 0.533. The molecule has 1 rings (SSSR count). The number of likely N-dealkylation sites (tertiary alicyclic amines) is 1. The summed E-state index contributed by atoms with van der Waals surface area (Å²) in [5.41, 5.74) is -0.844. The van der Waals surface area contributed by atoms with E-state index in [9.17, 15) is 5.11 Å². The Labute approximate surface area is 99.3 Å². The lowest BCUT2D eigenvalue weighted by Gasteiger charge is -2.21. The van der Waals surface area contributed by atoms with E-state index in [0.717, 1.165) is 13.0 Å². The lowest BCUT2D eigenvalue weighted by atomic mass is 10.0. The van der Waals surface area contributed by atoms with Gasteiger partial charge in [0.2, 0.25) is 0 Å². The maximum absolute atomic E-state index is 9.94. The summed E-state index contributed by atoms with van der Waals surface area (Å²) in [6.45, 7) is 8.80. The Morgan fingerprint density at radius 1 is 1.38 bits per heavy atom. The van der Waals surface area contributed by atoms with Crippen molar-refractivity contribution in [2.45, 2.75) is 44.6 Å². The van der Waals surface area contributed by atoms with Crippen LogP contribution in [-0.2, 0) is 0 Å². The van der Waals surface area contributed by atoms with Crippen molar-refractivity contribution in [1.82, 2.24) is 0 Å². The summed E-state index contributed by atoms with van der Waals surface area (Å²) >= 11 is 0. The molecule has 2 heteroatoms. The Bertz CT molecular complexity index is 266. The van der Waals surface area contributed by atoms with Crippen molar-refractivity contribution in [3.05, 3.63) is 12.7 Å². The molecule has 1 fully saturated rings. The number of nitrogens with one attached hydrogen (secondary N) is 1. The van der Waals surface area contributed by atoms with Gasteiger partial charge >= 0.3 is 0 Å². The minimum atomic E-state index is -0.844. The third kappa shape index (κ3) is 5.34. The first-order valence-corrected chi connectivity index (χ1v) is 6.31. The van der Waals surface area contributed by atoms with Crippen LogP contribution in [0.1, 0.15) is 39.0 Å². The molecule has 0 spiro atoms. The van der Waals surface area contributed by atoms with Crippen molar-refractivity contribution in [1.29, 1.82) is 0 Å². The van der Waals surface area contributed by atoms with Crippen LogP contribution in [0.25, 0.3) is 0 Å². The van der Waals surface area contributed by atoms with Crippen LogP contribution in [0.5, 0.6) is 0 Å². The third-order valence-corrected chi connectivity index (χ3v) is 3.09. The molecule has 0 aromatic rings. The average molecular weight is 222 g/mol. The van der Waals surface area contributed by atoms with Crippen molar-refractivity contribution in [2.24, 2.45) is 0 Å². The predicted octanol–water partition coefficient (Wildman–Crippen LogP) is 0.776. The number of allylic oxidation sites excluding steroid dienone is 1. The molecule has 0 unspecified atom stereocenters. The van der Waals surface area contributed by atoms with E-state index in [1.54, 1.807) is 11.8 Å². The Kier molecular flexibility index (Phi) is 5.59. The molecule has 0 aliphatic carbocycles. The monoisotopic (exact) mass is 222 g/mol. The summed E-state index contributed by atoms with van der Waals surface area (Å²) < 4.78 is 0. The first-order valence-electron chi connectivity index (χ1n) is 6.31. The number of piperidine rings is 1. The number of hydrogen-bond acceptors (Lipinski definition) is 1. The largest absolute Gasteiger partial charge is 0.378 e. The molecule has 0 radical (unpaired) electrons. The SMILES string of the molecule is C=CCC[C@](C)(O)C#CC[NH+]1CCCCC1. The number of aliphatic hydroxyl groups is 1. The van der Waals surface area contributed by atoms with Gasteiger partial charge in [-0.15, -0.1) is 6.58 Å². The van der Waals surface area contributed by atoms with E-state index in [0.29, 0.717) is 6.42 Å². The van der Waals surface area contributed by atoms with Crippen LogP contribution >= 0.6 is 0 Å². The Morgan fingerprint density at radius 3 is 2.69 bits per heavy atom. The van der Waals surface area contributed by atoms with Crippen molar-refractivity contribution in [3.8, 4) is 11.8 Å². The molecule has 0 saturated carbocycles. The molecule has 2 N–H and O–H groups in total. The molecule has 1 saturated heterocycles. The molecule has 1 atom stereocenters. The van der Waals surface area contributed by atoms with E-state index in [4.69, 9.17) is 0 Å². The van der Waals surface area contributed by atoms with E-state index in [2.05, 4.69) is 18.4 Å². The molecule has 16 heavy (non-hydrogen) atoms. The highest BCUT2D eigenvalue weighted by molar-refractivity contribution is 5.12. The van der Waals surface area contributed by atoms with E-state index in [1.165, 1.54) is 32.4 Å². The van der Waals surface area contributed by atoms with Gasteiger partial charge in [0.1, 0.15) is 12.1 Å². The summed E-state index contributed by atoms with van der Waals surface area (Å²) in [6.07, 6.45) is 7.34. The molecular weight excluding hydrogens is 198 g/mol. The van der Waals surface area contributed by atoms with E-state index in [-0.39, 0.29) is 0 Å². The van der Waals surface area contributed by atoms with Gasteiger partial charge in [-0.3, -0.25) is 0 Å². The van der Waals surface area contributed by atoms with Crippen LogP contribution in [0.15, 0.2) is 12.7 Å². The maximum Gasteiger partial charge on any atom is 0.139 e. The minimum Gasteiger partial charge on any atom is -0.378 e. The molecule has 0 aromatic carbocycles. The van der Waals surface area contributed by atoms with Crippen LogP contribution in [0.3, 0.4) is 0 Å². The third-order valence-electron chi connectivity index (χ3n) is 3.09. The summed E-state index contributed by atoms with van der Waals surface area (Å²) in [4.78, 5) is 1.57. The lowest BCUT2D eigenvalue weighted by Crippen LogP contribution is -3.12. The molecule has 1 aliphatic rings. The summed E-state index contributed by atoms with van der Waals surface area (Å²) in [6, 6.07) is 0. The van der Waals surface area contributed by atoms with Gasteiger partial charge in [0, 0.05) is 0 Å². The zero-order valence-electron chi connectivity index (χ0n) is 10.4. The standard InChI is InChI=1S/C14H23NO/c1-3-4-9-14(2,16)10-8-13-15-11-6-5-7-12-15/h3,16H,1,4-7,9,11-13H2,2H3/p+1/t14-/m0/s1. The van der Waals surface area contributed by atoms with Gasteiger partial charge in [-0.05, 0) is 44.9 Å². The number of hydrogen-bond donors (Lipinski definition) is 2. The smallest absolute Gasteiger partial charge is 0.139 e. The average Bonchev–Trinajstić information content (AvgIpc) is 2.28. The highest BCUT2D eigenvalue weighted by Gasteiger charge is 2.16. The lowest BCUT2D eigenvalue weighted by molar-refractivity contribution is -0.897. The predicted molar refractivity (Wildman–Crippen MR) is 67.2 cm³/mol. The second-order valence-corrected chi connectivity index (χ2v) is 4.89.